The quantitative estimate of drug-likeness (QED) is 0.729. The molecule has 2 aliphatic heterocycles. The summed E-state index contributed by atoms with van der Waals surface area (Å²) in [5.41, 5.74) is 6.84. The third-order valence-corrected chi connectivity index (χ3v) is 5.31. The van der Waals surface area contributed by atoms with E-state index in [1.165, 1.54) is 12.8 Å². The zero-order chi connectivity index (χ0) is 18.1. The summed E-state index contributed by atoms with van der Waals surface area (Å²) in [5, 5.41) is 10.8. The van der Waals surface area contributed by atoms with Crippen molar-refractivity contribution in [3.8, 4) is 5.69 Å². The molecule has 0 spiro atoms. The highest BCUT2D eigenvalue weighted by molar-refractivity contribution is 5.93. The van der Waals surface area contributed by atoms with Gasteiger partial charge in [0.05, 0.1) is 11.4 Å². The summed E-state index contributed by atoms with van der Waals surface area (Å²) in [5.74, 6) is -0.121. The van der Waals surface area contributed by atoms with E-state index in [0.717, 1.165) is 12.8 Å². The van der Waals surface area contributed by atoms with E-state index in [0.29, 0.717) is 35.8 Å². The van der Waals surface area contributed by atoms with Crippen LogP contribution in [-0.4, -0.2) is 33.7 Å². The Morgan fingerprint density at radius 3 is 2.56 bits per heavy atom. The number of hydrogen-bond acceptors (Lipinski definition) is 4. The molecule has 4 N–H and O–H groups in total. The molecule has 7 nitrogen and oxygen atoms in total. The number of carbonyl (C=O) groups excluding carboxylic acids is 2. The lowest BCUT2D eigenvalue weighted by Gasteiger charge is -2.28. The largest absolute Gasteiger partial charge is 0.364 e. The average Bonchev–Trinajstić information content (AvgIpc) is 3.22. The summed E-state index contributed by atoms with van der Waals surface area (Å²) < 4.78 is 1.56. The summed E-state index contributed by atoms with van der Waals surface area (Å²) in [7, 11) is 0. The minimum absolute atomic E-state index is 0. The molecular formula is C19H24ClN5O2. The molecule has 2 amide bonds. The van der Waals surface area contributed by atoms with Crippen LogP contribution in [0.25, 0.3) is 5.69 Å². The topological polar surface area (TPSA) is 102 Å². The predicted octanol–water partition coefficient (Wildman–Crippen LogP) is 2.25. The molecule has 0 saturated carbocycles. The van der Waals surface area contributed by atoms with Crippen LogP contribution >= 0.6 is 12.4 Å². The average molecular weight is 390 g/mol. The number of amides is 2. The van der Waals surface area contributed by atoms with E-state index in [9.17, 15) is 9.59 Å². The molecule has 2 bridgehead atoms. The number of fused-ring (bicyclic) bond motifs is 2. The van der Waals surface area contributed by atoms with Crippen molar-refractivity contribution in [2.24, 2.45) is 11.7 Å². The van der Waals surface area contributed by atoms with Gasteiger partial charge in [0.15, 0.2) is 0 Å². The molecule has 2 unspecified atom stereocenters. The maximum atomic E-state index is 12.6. The SMILES string of the molecule is Cl.NC(=O)c1ccn(-c2ccccc2NC(=O)CC2CC3CCC(C2)N3)n1. The lowest BCUT2D eigenvalue weighted by atomic mass is 9.89. The number of nitrogens with zero attached hydrogens (tertiary/aromatic N) is 2. The van der Waals surface area contributed by atoms with Crippen LogP contribution in [0.4, 0.5) is 5.69 Å². The smallest absolute Gasteiger partial charge is 0.269 e. The maximum absolute atomic E-state index is 12.6. The lowest BCUT2D eigenvalue weighted by molar-refractivity contribution is -0.117. The van der Waals surface area contributed by atoms with Crippen molar-refractivity contribution in [3.05, 3.63) is 42.2 Å². The van der Waals surface area contributed by atoms with Gasteiger partial charge in [-0.1, -0.05) is 12.1 Å². The van der Waals surface area contributed by atoms with Crippen molar-refractivity contribution in [3.63, 3.8) is 0 Å². The Balaban J connectivity index is 0.00000210. The summed E-state index contributed by atoms with van der Waals surface area (Å²) in [6, 6.07) is 10.1. The number of piperidine rings is 1. The number of para-hydroxylation sites is 2. The number of nitrogens with one attached hydrogen (secondary N) is 2. The Hall–Kier alpha value is -2.38. The normalized spacial score (nSPS) is 23.5. The number of nitrogens with two attached hydrogens (primary N) is 1. The third-order valence-electron chi connectivity index (χ3n) is 5.31. The molecule has 144 valence electrons. The molecule has 27 heavy (non-hydrogen) atoms. The van der Waals surface area contributed by atoms with Crippen molar-refractivity contribution in [2.45, 2.75) is 44.2 Å². The molecule has 1 aromatic heterocycles. The van der Waals surface area contributed by atoms with Crippen LogP contribution in [-0.2, 0) is 4.79 Å². The second-order valence-corrected chi connectivity index (χ2v) is 7.25. The van der Waals surface area contributed by atoms with Gasteiger partial charge in [-0.05, 0) is 49.8 Å². The zero-order valence-corrected chi connectivity index (χ0v) is 15.7. The van der Waals surface area contributed by atoms with E-state index in [4.69, 9.17) is 5.73 Å². The van der Waals surface area contributed by atoms with Gasteiger partial charge < -0.3 is 16.4 Å². The van der Waals surface area contributed by atoms with E-state index in [1.807, 2.05) is 24.3 Å². The molecule has 2 aromatic rings. The Labute approximate surface area is 164 Å². The molecule has 1 aromatic carbocycles. The molecule has 8 heteroatoms. The molecule has 4 rings (SSSR count). The van der Waals surface area contributed by atoms with Gasteiger partial charge >= 0.3 is 0 Å². The number of primary amides is 1. The number of rotatable bonds is 5. The molecule has 2 atom stereocenters. The fraction of sp³-hybridized carbons (Fsp3) is 0.421. The van der Waals surface area contributed by atoms with Crippen LogP contribution in [0.1, 0.15) is 42.6 Å². The van der Waals surface area contributed by atoms with Crippen molar-refractivity contribution in [1.29, 1.82) is 0 Å². The van der Waals surface area contributed by atoms with Crippen LogP contribution < -0.4 is 16.4 Å². The molecule has 2 saturated heterocycles. The van der Waals surface area contributed by atoms with E-state index in [2.05, 4.69) is 15.7 Å². The summed E-state index contributed by atoms with van der Waals surface area (Å²) >= 11 is 0. The standard InChI is InChI=1S/C19H23N5O2.ClH/c20-19(26)16-7-8-24(23-16)17-4-2-1-3-15(17)22-18(25)11-12-9-13-5-6-14(10-12)21-13;/h1-4,7-8,12-14,21H,5-6,9-11H2,(H2,20,26)(H,22,25);1H. The second kappa shape index (κ2) is 8.10. The van der Waals surface area contributed by atoms with Crippen molar-refractivity contribution in [2.75, 3.05) is 5.32 Å². The lowest BCUT2D eigenvalue weighted by Crippen LogP contribution is -2.39. The van der Waals surface area contributed by atoms with E-state index in [1.54, 1.807) is 16.9 Å². The van der Waals surface area contributed by atoms with E-state index >= 15 is 0 Å². The van der Waals surface area contributed by atoms with Gasteiger partial charge in [0.1, 0.15) is 5.69 Å². The first-order valence-corrected chi connectivity index (χ1v) is 9.09. The van der Waals surface area contributed by atoms with Crippen LogP contribution in [0.5, 0.6) is 0 Å². The number of halogens is 1. The van der Waals surface area contributed by atoms with Crippen LogP contribution in [0, 0.1) is 5.92 Å². The molecule has 3 heterocycles. The van der Waals surface area contributed by atoms with Gasteiger partial charge in [-0.15, -0.1) is 12.4 Å². The fourth-order valence-electron chi connectivity index (χ4n) is 4.17. The summed E-state index contributed by atoms with van der Waals surface area (Å²) in [6.07, 6.45) is 6.81. The molecule has 2 fully saturated rings. The summed E-state index contributed by atoms with van der Waals surface area (Å²) in [4.78, 5) is 23.8. The monoisotopic (exact) mass is 389 g/mol. The number of carbonyl (C=O) groups is 2. The number of hydrogen-bond donors (Lipinski definition) is 3. The van der Waals surface area contributed by atoms with E-state index < -0.39 is 5.91 Å². The number of anilines is 1. The first-order chi connectivity index (χ1) is 12.6. The van der Waals surface area contributed by atoms with Crippen LogP contribution in [0.2, 0.25) is 0 Å². The number of benzene rings is 1. The zero-order valence-electron chi connectivity index (χ0n) is 14.9. The molecule has 0 radical (unpaired) electrons. The minimum Gasteiger partial charge on any atom is -0.364 e. The highest BCUT2D eigenvalue weighted by atomic mass is 35.5. The first-order valence-electron chi connectivity index (χ1n) is 9.09. The Bertz CT molecular complexity index is 825. The van der Waals surface area contributed by atoms with Gasteiger partial charge in [0.25, 0.3) is 5.91 Å². The predicted molar refractivity (Wildman–Crippen MR) is 105 cm³/mol. The van der Waals surface area contributed by atoms with Gasteiger partial charge in [-0.25, -0.2) is 4.68 Å². The fourth-order valence-corrected chi connectivity index (χ4v) is 4.17. The molecule has 0 aliphatic carbocycles. The third kappa shape index (κ3) is 4.31. The number of aromatic nitrogens is 2. The molecule has 2 aliphatic rings. The van der Waals surface area contributed by atoms with Gasteiger partial charge in [-0.2, -0.15) is 5.10 Å². The highest BCUT2D eigenvalue weighted by Gasteiger charge is 2.34. The second-order valence-electron chi connectivity index (χ2n) is 7.25. The van der Waals surface area contributed by atoms with Crippen LogP contribution in [0.15, 0.2) is 36.5 Å². The summed E-state index contributed by atoms with van der Waals surface area (Å²) in [6.45, 7) is 0. The van der Waals surface area contributed by atoms with Crippen molar-refractivity contribution >= 4 is 29.9 Å². The Morgan fingerprint density at radius 2 is 1.89 bits per heavy atom. The Kier molecular flexibility index (Phi) is 5.82. The van der Waals surface area contributed by atoms with Crippen LogP contribution in [0.3, 0.4) is 0 Å². The van der Waals surface area contributed by atoms with Crippen molar-refractivity contribution in [1.82, 2.24) is 15.1 Å². The van der Waals surface area contributed by atoms with Gasteiger partial charge in [0.2, 0.25) is 5.91 Å². The highest BCUT2D eigenvalue weighted by Crippen LogP contribution is 2.33. The Morgan fingerprint density at radius 1 is 1.19 bits per heavy atom. The maximum Gasteiger partial charge on any atom is 0.269 e. The van der Waals surface area contributed by atoms with E-state index in [-0.39, 0.29) is 24.0 Å². The minimum atomic E-state index is -0.578. The van der Waals surface area contributed by atoms with Crippen molar-refractivity contribution < 1.29 is 9.59 Å². The van der Waals surface area contributed by atoms with Gasteiger partial charge in [-0.3, -0.25) is 9.59 Å². The molecular weight excluding hydrogens is 366 g/mol. The first kappa shape index (κ1) is 19.4. The van der Waals surface area contributed by atoms with Gasteiger partial charge in [0, 0.05) is 24.7 Å².